The predicted molar refractivity (Wildman–Crippen MR) is 116 cm³/mol. The Balaban J connectivity index is 1.36. The van der Waals surface area contributed by atoms with Gasteiger partial charge in [-0.1, -0.05) is 17.3 Å². The van der Waals surface area contributed by atoms with Crippen molar-refractivity contribution >= 4 is 23.4 Å². The average molecular weight is 451 g/mol. The number of nitrogens with zero attached hydrogens (tertiary/aromatic N) is 2. The van der Waals surface area contributed by atoms with Crippen molar-refractivity contribution in [2.75, 3.05) is 19.5 Å². The molecule has 0 spiro atoms. The van der Waals surface area contributed by atoms with Gasteiger partial charge in [0, 0.05) is 5.56 Å². The van der Waals surface area contributed by atoms with Gasteiger partial charge in [0.05, 0.1) is 38.4 Å². The number of rotatable bonds is 7. The Hall–Kier alpha value is -4.41. The lowest BCUT2D eigenvalue weighted by Gasteiger charge is -2.13. The summed E-state index contributed by atoms with van der Waals surface area (Å²) in [5.74, 6) is 0.196. The van der Waals surface area contributed by atoms with Gasteiger partial charge < -0.3 is 29.9 Å². The maximum absolute atomic E-state index is 12.4. The van der Waals surface area contributed by atoms with Crippen LogP contribution in [0, 0.1) is 0 Å². The molecule has 1 aliphatic rings. The summed E-state index contributed by atoms with van der Waals surface area (Å²) >= 11 is 0. The van der Waals surface area contributed by atoms with E-state index < -0.39 is 23.8 Å². The lowest BCUT2D eigenvalue weighted by molar-refractivity contribution is -0.125. The molecule has 1 aliphatic heterocycles. The van der Waals surface area contributed by atoms with Crippen molar-refractivity contribution in [3.8, 4) is 22.9 Å². The molecule has 0 bridgehead atoms. The Morgan fingerprint density at radius 3 is 2.70 bits per heavy atom. The number of hydrogen-bond donors (Lipinski definition) is 3. The SMILES string of the molecule is COc1ccc(-c2noc(CNC(=O)CC3NC(=O)c4ccccc4NC3=O)n2)cc1OC. The number of carbonyl (C=O) groups excluding carboxylic acids is 3. The van der Waals surface area contributed by atoms with E-state index in [1.807, 2.05) is 0 Å². The Morgan fingerprint density at radius 2 is 1.91 bits per heavy atom. The second-order valence-corrected chi connectivity index (χ2v) is 7.12. The van der Waals surface area contributed by atoms with Crippen LogP contribution >= 0.6 is 0 Å². The molecular formula is C22H21N5O6. The van der Waals surface area contributed by atoms with Crippen molar-refractivity contribution in [1.82, 2.24) is 20.8 Å². The van der Waals surface area contributed by atoms with Gasteiger partial charge in [-0.2, -0.15) is 4.98 Å². The first-order chi connectivity index (χ1) is 16.0. The highest BCUT2D eigenvalue weighted by Gasteiger charge is 2.29. The number of aromatic nitrogens is 2. The largest absolute Gasteiger partial charge is 0.493 e. The quantitative estimate of drug-likeness (QED) is 0.490. The monoisotopic (exact) mass is 451 g/mol. The first kappa shape index (κ1) is 21.8. The summed E-state index contributed by atoms with van der Waals surface area (Å²) in [5, 5.41) is 11.8. The molecule has 1 aromatic heterocycles. The topological polar surface area (TPSA) is 145 Å². The van der Waals surface area contributed by atoms with Crippen molar-refractivity contribution in [2.45, 2.75) is 19.0 Å². The molecule has 3 amide bonds. The van der Waals surface area contributed by atoms with E-state index >= 15 is 0 Å². The fourth-order valence-corrected chi connectivity index (χ4v) is 3.31. The van der Waals surface area contributed by atoms with Gasteiger partial charge in [-0.05, 0) is 30.3 Å². The summed E-state index contributed by atoms with van der Waals surface area (Å²) in [5.41, 5.74) is 1.38. The van der Waals surface area contributed by atoms with Crippen molar-refractivity contribution in [1.29, 1.82) is 0 Å². The van der Waals surface area contributed by atoms with Gasteiger partial charge in [0.25, 0.3) is 5.91 Å². The van der Waals surface area contributed by atoms with Gasteiger partial charge in [-0.25, -0.2) is 0 Å². The molecule has 4 rings (SSSR count). The third-order valence-electron chi connectivity index (χ3n) is 4.99. The number of nitrogens with one attached hydrogen (secondary N) is 3. The number of methoxy groups -OCH3 is 2. The lowest BCUT2D eigenvalue weighted by Crippen LogP contribution is -2.44. The maximum Gasteiger partial charge on any atom is 0.254 e. The van der Waals surface area contributed by atoms with E-state index in [0.29, 0.717) is 34.1 Å². The Labute approximate surface area is 188 Å². The zero-order chi connectivity index (χ0) is 23.4. The van der Waals surface area contributed by atoms with Crippen LogP contribution in [0.2, 0.25) is 0 Å². The molecule has 1 unspecified atom stereocenters. The average Bonchev–Trinajstić information content (AvgIpc) is 3.27. The van der Waals surface area contributed by atoms with Gasteiger partial charge in [-0.3, -0.25) is 14.4 Å². The molecule has 170 valence electrons. The zero-order valence-electron chi connectivity index (χ0n) is 17.9. The summed E-state index contributed by atoms with van der Waals surface area (Å²) < 4.78 is 15.7. The van der Waals surface area contributed by atoms with Gasteiger partial charge in [-0.15, -0.1) is 0 Å². The van der Waals surface area contributed by atoms with Crippen molar-refractivity contribution < 1.29 is 28.4 Å². The highest BCUT2D eigenvalue weighted by molar-refractivity contribution is 6.10. The Bertz CT molecular complexity index is 1210. The minimum atomic E-state index is -1.02. The van der Waals surface area contributed by atoms with Crippen LogP contribution in [0.3, 0.4) is 0 Å². The molecule has 2 heterocycles. The lowest BCUT2D eigenvalue weighted by atomic mass is 10.1. The van der Waals surface area contributed by atoms with Crippen LogP contribution in [0.25, 0.3) is 11.4 Å². The molecule has 0 fully saturated rings. The molecule has 11 nitrogen and oxygen atoms in total. The van der Waals surface area contributed by atoms with Crippen molar-refractivity contribution in [3.63, 3.8) is 0 Å². The number of carbonyl (C=O) groups is 3. The molecular weight excluding hydrogens is 430 g/mol. The minimum Gasteiger partial charge on any atom is -0.493 e. The normalized spacial score (nSPS) is 15.0. The first-order valence-corrected chi connectivity index (χ1v) is 10.0. The van der Waals surface area contributed by atoms with Crippen LogP contribution in [0.4, 0.5) is 5.69 Å². The zero-order valence-corrected chi connectivity index (χ0v) is 17.9. The second kappa shape index (κ2) is 9.39. The molecule has 0 radical (unpaired) electrons. The molecule has 33 heavy (non-hydrogen) atoms. The van der Waals surface area contributed by atoms with Crippen LogP contribution in [-0.4, -0.2) is 48.1 Å². The number of para-hydroxylation sites is 1. The predicted octanol–water partition coefficient (Wildman–Crippen LogP) is 1.51. The first-order valence-electron chi connectivity index (χ1n) is 10.0. The molecule has 0 aliphatic carbocycles. The van der Waals surface area contributed by atoms with Gasteiger partial charge in [0.1, 0.15) is 6.04 Å². The van der Waals surface area contributed by atoms with Gasteiger partial charge >= 0.3 is 0 Å². The summed E-state index contributed by atoms with van der Waals surface area (Å²) in [6.07, 6.45) is -0.248. The van der Waals surface area contributed by atoms with Gasteiger partial charge in [0.2, 0.25) is 23.5 Å². The number of ether oxygens (including phenoxy) is 2. The summed E-state index contributed by atoms with van der Waals surface area (Å²) in [4.78, 5) is 41.4. The van der Waals surface area contributed by atoms with E-state index in [9.17, 15) is 14.4 Å². The standard InChI is InChI=1S/C22H21N5O6/c1-31-16-8-7-12(9-17(16)32-2)20-26-19(33-27-20)11-23-18(28)10-15-22(30)24-14-6-4-3-5-13(14)21(29)25-15/h3-9,15H,10-11H2,1-2H3,(H,23,28)(H,24,30)(H,25,29). The smallest absolute Gasteiger partial charge is 0.254 e. The molecule has 0 saturated heterocycles. The molecule has 11 heteroatoms. The number of benzene rings is 2. The molecule has 0 saturated carbocycles. The Morgan fingerprint density at radius 1 is 1.12 bits per heavy atom. The van der Waals surface area contributed by atoms with Crippen LogP contribution in [0.15, 0.2) is 47.0 Å². The number of hydrogen-bond acceptors (Lipinski definition) is 8. The molecule has 1 atom stereocenters. The maximum atomic E-state index is 12.4. The number of anilines is 1. The van der Waals surface area contributed by atoms with E-state index in [0.717, 1.165) is 0 Å². The van der Waals surface area contributed by atoms with E-state index in [1.165, 1.54) is 14.2 Å². The van der Waals surface area contributed by atoms with Crippen molar-refractivity contribution in [2.24, 2.45) is 0 Å². The van der Waals surface area contributed by atoms with Gasteiger partial charge in [0.15, 0.2) is 11.5 Å². The van der Waals surface area contributed by atoms with Crippen molar-refractivity contribution in [3.05, 3.63) is 53.9 Å². The second-order valence-electron chi connectivity index (χ2n) is 7.12. The summed E-state index contributed by atoms with van der Waals surface area (Å²) in [6, 6.07) is 10.8. The highest BCUT2D eigenvalue weighted by Crippen LogP contribution is 2.31. The third kappa shape index (κ3) is 4.76. The molecule has 3 aromatic rings. The third-order valence-corrected chi connectivity index (χ3v) is 4.99. The molecule has 3 N–H and O–H groups in total. The van der Waals surface area contributed by atoms with Crippen LogP contribution < -0.4 is 25.4 Å². The molecule has 2 aromatic carbocycles. The van der Waals surface area contributed by atoms with Crippen LogP contribution in [0.1, 0.15) is 22.7 Å². The fraction of sp³-hybridized carbons (Fsp3) is 0.227. The number of amides is 3. The van der Waals surface area contributed by atoms with E-state index in [-0.39, 0.29) is 18.9 Å². The van der Waals surface area contributed by atoms with E-state index in [4.69, 9.17) is 14.0 Å². The Kier molecular flexibility index (Phi) is 6.20. The number of fused-ring (bicyclic) bond motifs is 1. The van der Waals surface area contributed by atoms with Crippen LogP contribution in [0.5, 0.6) is 11.5 Å². The highest BCUT2D eigenvalue weighted by atomic mass is 16.5. The van der Waals surface area contributed by atoms with E-state index in [2.05, 4.69) is 26.1 Å². The summed E-state index contributed by atoms with van der Waals surface area (Å²) in [7, 11) is 3.06. The summed E-state index contributed by atoms with van der Waals surface area (Å²) in [6.45, 7) is -0.0400. The van der Waals surface area contributed by atoms with E-state index in [1.54, 1.807) is 42.5 Å². The van der Waals surface area contributed by atoms with Crippen LogP contribution in [-0.2, 0) is 16.1 Å². The minimum absolute atomic E-state index is 0.0400. The fourth-order valence-electron chi connectivity index (χ4n) is 3.31.